The summed E-state index contributed by atoms with van der Waals surface area (Å²) in [7, 11) is 0. The zero-order valence-corrected chi connectivity index (χ0v) is 24.7. The molecule has 0 spiro atoms. The van der Waals surface area contributed by atoms with Crippen molar-refractivity contribution in [3.05, 3.63) is 157 Å². The molecule has 1 aliphatic carbocycles. The first-order chi connectivity index (χ1) is 18.2. The third-order valence-corrected chi connectivity index (χ3v) is 5.04. The van der Waals surface area contributed by atoms with Crippen molar-refractivity contribution in [3.63, 3.8) is 0 Å². The molecule has 0 amide bonds. The minimum absolute atomic E-state index is 0. The van der Waals surface area contributed by atoms with Crippen LogP contribution in [-0.4, -0.2) is 13.2 Å². The van der Waals surface area contributed by atoms with Gasteiger partial charge in [0, 0.05) is 0 Å². The van der Waals surface area contributed by atoms with Crippen LogP contribution in [0.1, 0.15) is 31.4 Å². The van der Waals surface area contributed by atoms with Crippen LogP contribution in [0.25, 0.3) is 21.5 Å². The van der Waals surface area contributed by atoms with Gasteiger partial charge in [0.25, 0.3) is 0 Å². The number of allylic oxidation sites excluding steroid dienone is 4. The molecule has 38 heavy (non-hydrogen) atoms. The third kappa shape index (κ3) is 12.4. The van der Waals surface area contributed by atoms with Crippen molar-refractivity contribution in [3.8, 4) is 0 Å². The van der Waals surface area contributed by atoms with Gasteiger partial charge in [-0.1, -0.05) is 86.6 Å². The van der Waals surface area contributed by atoms with E-state index in [1.165, 1.54) is 32.7 Å². The van der Waals surface area contributed by atoms with E-state index in [-0.39, 0.29) is 39.4 Å². The van der Waals surface area contributed by atoms with Crippen LogP contribution in [0.5, 0.6) is 0 Å². The van der Waals surface area contributed by atoms with Crippen molar-refractivity contribution in [1.29, 1.82) is 0 Å². The normalized spacial score (nSPS) is 10.3. The topological polar surface area (TPSA) is 46.1 Å². The maximum atomic E-state index is 8.93. The van der Waals surface area contributed by atoms with Gasteiger partial charge < -0.3 is 10.2 Å². The molecule has 0 heterocycles. The minimum Gasteiger partial charge on any atom is -0.855 e. The molecule has 0 N–H and O–H groups in total. The van der Waals surface area contributed by atoms with Crippen molar-refractivity contribution in [2.75, 3.05) is 13.2 Å². The van der Waals surface area contributed by atoms with Gasteiger partial charge >= 0.3 is 26.2 Å². The molecule has 5 aromatic rings. The van der Waals surface area contributed by atoms with Crippen LogP contribution < -0.4 is 10.2 Å². The molecule has 194 valence electrons. The van der Waals surface area contributed by atoms with E-state index < -0.39 is 0 Å². The monoisotopic (exact) mass is 577 g/mol. The van der Waals surface area contributed by atoms with Crippen LogP contribution in [0.2, 0.25) is 0 Å². The maximum Gasteiger partial charge on any atom is 2.00 e. The molecule has 0 radical (unpaired) electrons. The van der Waals surface area contributed by atoms with Crippen molar-refractivity contribution >= 4 is 21.5 Å². The molecule has 0 unspecified atom stereocenters. The fourth-order valence-electron chi connectivity index (χ4n) is 3.54. The molecule has 6 rings (SSSR count). The van der Waals surface area contributed by atoms with Crippen LogP contribution in [0, 0.1) is 12.5 Å². The second-order valence-electron chi connectivity index (χ2n) is 7.86. The zero-order chi connectivity index (χ0) is 26.6. The van der Waals surface area contributed by atoms with Crippen molar-refractivity contribution in [1.82, 2.24) is 0 Å². The molecule has 0 saturated carbocycles. The average molecular weight is 579 g/mol. The Balaban J connectivity index is 0.000000271. The van der Waals surface area contributed by atoms with E-state index in [0.29, 0.717) is 0 Å². The van der Waals surface area contributed by atoms with Crippen molar-refractivity contribution in [2.45, 2.75) is 20.3 Å². The second kappa shape index (κ2) is 20.9. The predicted molar refractivity (Wildman–Crippen MR) is 155 cm³/mol. The smallest absolute Gasteiger partial charge is 0.855 e. The van der Waals surface area contributed by atoms with Gasteiger partial charge in [-0.2, -0.15) is 6.08 Å². The van der Waals surface area contributed by atoms with E-state index in [9.17, 15) is 0 Å². The molecule has 5 aromatic carbocycles. The Morgan fingerprint density at radius 3 is 1.39 bits per heavy atom. The predicted octanol–water partition coefficient (Wildman–Crippen LogP) is 7.04. The molecule has 0 fully saturated rings. The third-order valence-electron chi connectivity index (χ3n) is 5.04. The van der Waals surface area contributed by atoms with Gasteiger partial charge in [0.05, 0.1) is 0 Å². The second-order valence-corrected chi connectivity index (χ2v) is 7.86. The average Bonchev–Trinajstić information content (AvgIpc) is 3.63. The maximum absolute atomic E-state index is 8.93. The Labute approximate surface area is 247 Å². The molecule has 0 aliphatic heterocycles. The first kappa shape index (κ1) is 32.9. The summed E-state index contributed by atoms with van der Waals surface area (Å²) >= 11 is 0. The first-order valence-electron chi connectivity index (χ1n) is 12.6. The van der Waals surface area contributed by atoms with E-state index >= 15 is 0 Å². The van der Waals surface area contributed by atoms with Gasteiger partial charge in [0.15, 0.2) is 0 Å². The molecule has 0 atom stereocenters. The van der Waals surface area contributed by atoms with Gasteiger partial charge in [-0.15, -0.1) is 101 Å². The van der Waals surface area contributed by atoms with E-state index in [1.807, 2.05) is 24.3 Å². The van der Waals surface area contributed by atoms with Gasteiger partial charge in [-0.25, -0.2) is 12.2 Å². The van der Waals surface area contributed by atoms with E-state index in [1.54, 1.807) is 13.8 Å². The molecule has 1 aliphatic rings. The Hall–Kier alpha value is -3.10. The summed E-state index contributed by atoms with van der Waals surface area (Å²) in [5, 5.41) is 23.3. The SMILES string of the molecule is CC[O-].CC[O-].[C-]1=CC=CC1.[Zr+2].c1ccc([CH-]c2ccccc2)cc1.c1ccc2c(c1)[cH-]c1ccccc12. The van der Waals surface area contributed by atoms with Crippen molar-refractivity contribution in [2.24, 2.45) is 0 Å². The number of hydrogen-bond donors (Lipinski definition) is 0. The van der Waals surface area contributed by atoms with Crippen molar-refractivity contribution < 1.29 is 36.4 Å². The van der Waals surface area contributed by atoms with Crippen LogP contribution in [0.4, 0.5) is 0 Å². The molecular weight excluding hydrogens is 544 g/mol. The van der Waals surface area contributed by atoms with Crippen LogP contribution in [0.3, 0.4) is 0 Å². The van der Waals surface area contributed by atoms with Gasteiger partial charge in [0.1, 0.15) is 0 Å². The fraction of sp³-hybridized carbons (Fsp3) is 0.143. The summed E-state index contributed by atoms with van der Waals surface area (Å²) in [6.07, 6.45) is 12.2. The van der Waals surface area contributed by atoms with E-state index in [0.717, 1.165) is 6.42 Å². The Morgan fingerprint density at radius 2 is 1.05 bits per heavy atom. The molecular formula is C35H35O2Zr-3. The largest absolute Gasteiger partial charge is 2.00 e. The van der Waals surface area contributed by atoms with E-state index in [2.05, 4.69) is 122 Å². The van der Waals surface area contributed by atoms with Gasteiger partial charge in [-0.3, -0.25) is 6.08 Å². The molecule has 2 nitrogen and oxygen atoms in total. The Bertz CT molecular complexity index is 1210. The number of hydrogen-bond acceptors (Lipinski definition) is 2. The standard InChI is InChI=1S/C13H9.C13H11.C5H5.2C2H5O.Zr/c1-3-7-12-10(5-1)9-11-6-2-4-8-13(11)12;1-3-7-12(8-4-1)11-13-9-5-2-6-10-13;1-2-4-5-3-1;2*1-2-3;/h1-9H;1-11H;1-3H,4H2;2*2H2,1H3;/q5*-1;+2. The van der Waals surface area contributed by atoms with Gasteiger partial charge in [0.2, 0.25) is 0 Å². The molecule has 3 heteroatoms. The summed E-state index contributed by atoms with van der Waals surface area (Å²) in [5.74, 6) is 0. The van der Waals surface area contributed by atoms with Crippen LogP contribution >= 0.6 is 0 Å². The zero-order valence-electron chi connectivity index (χ0n) is 22.2. The summed E-state index contributed by atoms with van der Waals surface area (Å²) in [5.41, 5.74) is 2.49. The summed E-state index contributed by atoms with van der Waals surface area (Å²) in [6.45, 7) is 3.14. The first-order valence-corrected chi connectivity index (χ1v) is 12.6. The summed E-state index contributed by atoms with van der Waals surface area (Å²) in [6, 6.07) is 40.0. The fourth-order valence-corrected chi connectivity index (χ4v) is 3.54. The minimum atomic E-state index is 0. The van der Waals surface area contributed by atoms with E-state index in [4.69, 9.17) is 10.2 Å². The Morgan fingerprint density at radius 1 is 0.658 bits per heavy atom. The number of benzene rings is 4. The quantitative estimate of drug-likeness (QED) is 0.211. The summed E-state index contributed by atoms with van der Waals surface area (Å²) in [4.78, 5) is 0. The Kier molecular flexibility index (Phi) is 18.1. The van der Waals surface area contributed by atoms with Gasteiger partial charge in [-0.05, 0) is 0 Å². The number of fused-ring (bicyclic) bond motifs is 3. The molecule has 0 bridgehead atoms. The molecule has 0 saturated heterocycles. The van der Waals surface area contributed by atoms with Crippen LogP contribution in [-0.2, 0) is 26.2 Å². The number of rotatable bonds is 2. The molecule has 0 aromatic heterocycles. The summed E-state index contributed by atoms with van der Waals surface area (Å²) < 4.78 is 0. The van der Waals surface area contributed by atoms with Crippen LogP contribution in [0.15, 0.2) is 133 Å².